The molecule has 0 heterocycles. The van der Waals surface area contributed by atoms with Crippen LogP contribution in [0.4, 0.5) is 11.4 Å². The lowest BCUT2D eigenvalue weighted by Crippen LogP contribution is -2.29. The van der Waals surface area contributed by atoms with Crippen molar-refractivity contribution in [1.82, 2.24) is 0 Å². The third kappa shape index (κ3) is 3.36. The number of nitrogens with zero attached hydrogens (tertiary/aromatic N) is 1. The number of nitrogen functional groups attached to an aromatic ring is 1. The fourth-order valence-corrected chi connectivity index (χ4v) is 2.43. The van der Waals surface area contributed by atoms with E-state index in [0.29, 0.717) is 11.7 Å². The summed E-state index contributed by atoms with van der Waals surface area (Å²) in [7, 11) is -1.75. The molecule has 0 aromatic heterocycles. The van der Waals surface area contributed by atoms with Gasteiger partial charge in [-0.2, -0.15) is 0 Å². The van der Waals surface area contributed by atoms with Crippen molar-refractivity contribution in [3.05, 3.63) is 18.2 Å². The van der Waals surface area contributed by atoms with Crippen LogP contribution in [0, 0.1) is 0 Å². The van der Waals surface area contributed by atoms with Crippen molar-refractivity contribution < 1.29 is 8.42 Å². The Morgan fingerprint density at radius 3 is 2.44 bits per heavy atom. The van der Waals surface area contributed by atoms with Crippen molar-refractivity contribution in [1.29, 1.82) is 0 Å². The molecular formula is C12H21N3O2S. The molecule has 0 spiro atoms. The molecule has 0 saturated carbocycles. The summed E-state index contributed by atoms with van der Waals surface area (Å²) in [4.78, 5) is 2.09. The third-order valence-electron chi connectivity index (χ3n) is 3.08. The highest BCUT2D eigenvalue weighted by Crippen LogP contribution is 2.27. The molecule has 102 valence electrons. The Labute approximate surface area is 109 Å². The zero-order chi connectivity index (χ0) is 13.9. The molecule has 1 atom stereocenters. The van der Waals surface area contributed by atoms with Crippen molar-refractivity contribution >= 4 is 21.4 Å². The van der Waals surface area contributed by atoms with Crippen LogP contribution in [-0.4, -0.2) is 21.5 Å². The van der Waals surface area contributed by atoms with Crippen LogP contribution >= 0.6 is 0 Å². The maximum absolute atomic E-state index is 11.2. The Morgan fingerprint density at radius 2 is 2.00 bits per heavy atom. The van der Waals surface area contributed by atoms with Gasteiger partial charge in [0.2, 0.25) is 10.0 Å². The summed E-state index contributed by atoms with van der Waals surface area (Å²) < 4.78 is 22.4. The zero-order valence-electron chi connectivity index (χ0n) is 11.1. The van der Waals surface area contributed by atoms with Crippen LogP contribution in [0.2, 0.25) is 0 Å². The summed E-state index contributed by atoms with van der Waals surface area (Å²) in [6, 6.07) is 4.93. The van der Waals surface area contributed by atoms with E-state index in [1.54, 1.807) is 6.07 Å². The number of primary sulfonamides is 1. The number of anilines is 2. The van der Waals surface area contributed by atoms with Crippen molar-refractivity contribution in [3.63, 3.8) is 0 Å². The molecule has 0 amide bonds. The molecule has 0 bridgehead atoms. The minimum atomic E-state index is -3.70. The first-order valence-electron chi connectivity index (χ1n) is 5.92. The van der Waals surface area contributed by atoms with E-state index in [2.05, 4.69) is 13.8 Å². The van der Waals surface area contributed by atoms with E-state index in [0.717, 1.165) is 18.5 Å². The first-order chi connectivity index (χ1) is 8.27. The standard InChI is InChI=1S/C12H21N3O2S/c1-4-5-9(2)15(3)12-7-6-10(8-11(12)13)18(14,16)17/h6-9H,4-5,13H2,1-3H3,(H2,14,16,17). The number of hydrogen-bond donors (Lipinski definition) is 2. The zero-order valence-corrected chi connectivity index (χ0v) is 11.9. The number of sulfonamides is 1. The van der Waals surface area contributed by atoms with Crippen molar-refractivity contribution in [2.24, 2.45) is 5.14 Å². The number of benzene rings is 1. The molecule has 1 aromatic carbocycles. The second-order valence-electron chi connectivity index (χ2n) is 4.51. The Balaban J connectivity index is 3.06. The minimum absolute atomic E-state index is 0.0419. The fourth-order valence-electron chi connectivity index (χ4n) is 1.88. The van der Waals surface area contributed by atoms with E-state index in [1.165, 1.54) is 12.1 Å². The van der Waals surface area contributed by atoms with Crippen LogP contribution in [0.5, 0.6) is 0 Å². The monoisotopic (exact) mass is 271 g/mol. The quantitative estimate of drug-likeness (QED) is 0.795. The molecule has 6 heteroatoms. The van der Waals surface area contributed by atoms with E-state index in [4.69, 9.17) is 10.9 Å². The van der Waals surface area contributed by atoms with E-state index < -0.39 is 10.0 Å². The molecule has 0 aliphatic carbocycles. The maximum Gasteiger partial charge on any atom is 0.238 e. The van der Waals surface area contributed by atoms with Gasteiger partial charge < -0.3 is 10.6 Å². The summed E-state index contributed by atoms with van der Waals surface area (Å²) in [5.74, 6) is 0. The molecule has 1 rings (SSSR count). The van der Waals surface area contributed by atoms with Gasteiger partial charge in [-0.25, -0.2) is 13.6 Å². The van der Waals surface area contributed by atoms with Crippen LogP contribution in [-0.2, 0) is 10.0 Å². The largest absolute Gasteiger partial charge is 0.397 e. The lowest BCUT2D eigenvalue weighted by Gasteiger charge is -2.28. The SMILES string of the molecule is CCCC(C)N(C)c1ccc(S(N)(=O)=O)cc1N. The smallest absolute Gasteiger partial charge is 0.238 e. The predicted molar refractivity (Wildman–Crippen MR) is 75.0 cm³/mol. The molecule has 0 aliphatic rings. The summed E-state index contributed by atoms with van der Waals surface area (Å²) >= 11 is 0. The van der Waals surface area contributed by atoms with Gasteiger partial charge in [-0.3, -0.25) is 0 Å². The normalized spacial score (nSPS) is 13.3. The van der Waals surface area contributed by atoms with Gasteiger partial charge >= 0.3 is 0 Å². The molecule has 0 saturated heterocycles. The predicted octanol–water partition coefficient (Wildman–Crippen LogP) is 1.54. The number of rotatable bonds is 5. The van der Waals surface area contributed by atoms with Crippen molar-refractivity contribution in [3.8, 4) is 0 Å². The van der Waals surface area contributed by atoms with Crippen LogP contribution in [0.1, 0.15) is 26.7 Å². The van der Waals surface area contributed by atoms with Crippen molar-refractivity contribution in [2.75, 3.05) is 17.7 Å². The number of hydrogen-bond acceptors (Lipinski definition) is 4. The summed E-state index contributed by atoms with van der Waals surface area (Å²) in [6.45, 7) is 4.23. The Bertz CT molecular complexity index is 514. The Kier molecular flexibility index (Phi) is 4.59. The van der Waals surface area contributed by atoms with E-state index in [-0.39, 0.29) is 4.90 Å². The van der Waals surface area contributed by atoms with Crippen LogP contribution in [0.25, 0.3) is 0 Å². The van der Waals surface area contributed by atoms with Crippen LogP contribution in [0.3, 0.4) is 0 Å². The molecule has 0 radical (unpaired) electrons. The average molecular weight is 271 g/mol. The fraction of sp³-hybridized carbons (Fsp3) is 0.500. The van der Waals surface area contributed by atoms with Gasteiger partial charge in [0, 0.05) is 13.1 Å². The second kappa shape index (κ2) is 5.58. The van der Waals surface area contributed by atoms with Crippen molar-refractivity contribution in [2.45, 2.75) is 37.6 Å². The molecule has 18 heavy (non-hydrogen) atoms. The molecule has 0 fully saturated rings. The molecule has 4 N–H and O–H groups in total. The topological polar surface area (TPSA) is 89.4 Å². The highest BCUT2D eigenvalue weighted by molar-refractivity contribution is 7.89. The lowest BCUT2D eigenvalue weighted by atomic mass is 10.1. The van der Waals surface area contributed by atoms with E-state index in [9.17, 15) is 8.42 Å². The van der Waals surface area contributed by atoms with Gasteiger partial charge in [0.15, 0.2) is 0 Å². The average Bonchev–Trinajstić information content (AvgIpc) is 2.27. The van der Waals surface area contributed by atoms with Crippen LogP contribution < -0.4 is 15.8 Å². The van der Waals surface area contributed by atoms with E-state index >= 15 is 0 Å². The summed E-state index contributed by atoms with van der Waals surface area (Å²) in [5, 5.41) is 5.06. The molecule has 1 aromatic rings. The van der Waals surface area contributed by atoms with Gasteiger partial charge in [-0.15, -0.1) is 0 Å². The van der Waals surface area contributed by atoms with Gasteiger partial charge in [-0.05, 0) is 31.5 Å². The Morgan fingerprint density at radius 1 is 1.39 bits per heavy atom. The molecule has 0 aliphatic heterocycles. The summed E-state index contributed by atoms with van der Waals surface area (Å²) in [6.07, 6.45) is 2.13. The van der Waals surface area contributed by atoms with Gasteiger partial charge in [0.25, 0.3) is 0 Å². The van der Waals surface area contributed by atoms with Gasteiger partial charge in [-0.1, -0.05) is 13.3 Å². The van der Waals surface area contributed by atoms with Gasteiger partial charge in [0.05, 0.1) is 16.3 Å². The van der Waals surface area contributed by atoms with Crippen LogP contribution in [0.15, 0.2) is 23.1 Å². The number of nitrogens with two attached hydrogens (primary N) is 2. The first kappa shape index (κ1) is 14.8. The third-order valence-corrected chi connectivity index (χ3v) is 3.99. The summed E-state index contributed by atoms with van der Waals surface area (Å²) in [5.41, 5.74) is 7.14. The Hall–Kier alpha value is -1.27. The molecule has 1 unspecified atom stereocenters. The molecule has 5 nitrogen and oxygen atoms in total. The first-order valence-corrected chi connectivity index (χ1v) is 7.47. The maximum atomic E-state index is 11.2. The van der Waals surface area contributed by atoms with Gasteiger partial charge in [0.1, 0.15) is 0 Å². The minimum Gasteiger partial charge on any atom is -0.397 e. The highest BCUT2D eigenvalue weighted by Gasteiger charge is 2.15. The second-order valence-corrected chi connectivity index (χ2v) is 6.08. The lowest BCUT2D eigenvalue weighted by molar-refractivity contribution is 0.597. The highest BCUT2D eigenvalue weighted by atomic mass is 32.2. The van der Waals surface area contributed by atoms with E-state index in [1.807, 2.05) is 11.9 Å². The molecular weight excluding hydrogens is 250 g/mol.